The number of hydrogen-bond donors (Lipinski definition) is 1. The molecule has 6 nitrogen and oxygen atoms in total. The third kappa shape index (κ3) is 3.93. The number of aryl methyl sites for hydroxylation is 2. The molecule has 2 heterocycles. The molecule has 0 fully saturated rings. The van der Waals surface area contributed by atoms with Crippen molar-refractivity contribution < 1.29 is 9.32 Å². The van der Waals surface area contributed by atoms with Crippen LogP contribution < -0.4 is 5.32 Å². The van der Waals surface area contributed by atoms with E-state index in [1.54, 1.807) is 11.4 Å². The molecular formula is C15H18N4O2S. The smallest absolute Gasteiger partial charge is 0.226 e. The summed E-state index contributed by atoms with van der Waals surface area (Å²) in [7, 11) is 1.95. The van der Waals surface area contributed by atoms with E-state index >= 15 is 0 Å². The first-order chi connectivity index (χ1) is 10.5. The lowest BCUT2D eigenvalue weighted by molar-refractivity contribution is -0.116. The molecule has 2 aromatic heterocycles. The highest BCUT2D eigenvalue weighted by atomic mass is 32.1. The van der Waals surface area contributed by atoms with Crippen LogP contribution in [0.1, 0.15) is 29.0 Å². The standard InChI is InChI=1S/C15H18N4O2S/c1-10-13(11(2)21-18-10)9-19(3)6-4-14(20)17-15-12(8-16)5-7-22-15/h5,7H,4,6,9H2,1-3H3,(H,17,20). The summed E-state index contributed by atoms with van der Waals surface area (Å²) in [4.78, 5) is 14.0. The Morgan fingerprint density at radius 3 is 2.95 bits per heavy atom. The minimum atomic E-state index is -0.0930. The molecule has 0 aromatic carbocycles. The lowest BCUT2D eigenvalue weighted by Crippen LogP contribution is -2.24. The number of hydrogen-bond acceptors (Lipinski definition) is 6. The molecule has 0 aliphatic rings. The molecule has 7 heteroatoms. The predicted molar refractivity (Wildman–Crippen MR) is 84.6 cm³/mol. The molecular weight excluding hydrogens is 300 g/mol. The van der Waals surface area contributed by atoms with Gasteiger partial charge >= 0.3 is 0 Å². The molecule has 0 aliphatic heterocycles. The van der Waals surface area contributed by atoms with Crippen LogP contribution >= 0.6 is 11.3 Å². The van der Waals surface area contributed by atoms with Gasteiger partial charge in [-0.25, -0.2) is 0 Å². The number of carbonyl (C=O) groups excluding carboxylic acids is 1. The van der Waals surface area contributed by atoms with Gasteiger partial charge in [-0.2, -0.15) is 5.26 Å². The van der Waals surface area contributed by atoms with Crippen LogP contribution in [0, 0.1) is 25.2 Å². The molecule has 0 radical (unpaired) electrons. The van der Waals surface area contributed by atoms with Crippen LogP contribution in [0.3, 0.4) is 0 Å². The van der Waals surface area contributed by atoms with E-state index in [1.165, 1.54) is 11.3 Å². The summed E-state index contributed by atoms with van der Waals surface area (Å²) in [6, 6.07) is 3.75. The van der Waals surface area contributed by atoms with Gasteiger partial charge in [0.1, 0.15) is 16.8 Å². The Morgan fingerprint density at radius 2 is 2.32 bits per heavy atom. The van der Waals surface area contributed by atoms with Crippen LogP contribution in [0.4, 0.5) is 5.00 Å². The number of carbonyl (C=O) groups is 1. The van der Waals surface area contributed by atoms with Gasteiger partial charge in [-0.1, -0.05) is 5.16 Å². The summed E-state index contributed by atoms with van der Waals surface area (Å²) >= 11 is 1.36. The van der Waals surface area contributed by atoms with Crippen LogP contribution in [-0.2, 0) is 11.3 Å². The zero-order chi connectivity index (χ0) is 16.1. The third-order valence-electron chi connectivity index (χ3n) is 3.37. The van der Waals surface area contributed by atoms with Crippen LogP contribution in [0.25, 0.3) is 0 Å². The molecule has 2 aromatic rings. The van der Waals surface area contributed by atoms with Crippen molar-refractivity contribution in [1.29, 1.82) is 5.26 Å². The van der Waals surface area contributed by atoms with E-state index in [1.807, 2.05) is 25.8 Å². The Bertz CT molecular complexity index is 679. The Kier molecular flexibility index (Phi) is 5.31. The van der Waals surface area contributed by atoms with Gasteiger partial charge in [0.25, 0.3) is 0 Å². The van der Waals surface area contributed by atoms with Crippen molar-refractivity contribution in [2.75, 3.05) is 18.9 Å². The van der Waals surface area contributed by atoms with Crippen molar-refractivity contribution in [2.24, 2.45) is 0 Å². The van der Waals surface area contributed by atoms with Crippen LogP contribution in [-0.4, -0.2) is 29.6 Å². The SMILES string of the molecule is Cc1noc(C)c1CN(C)CCC(=O)Nc1sccc1C#N. The lowest BCUT2D eigenvalue weighted by atomic mass is 10.2. The molecule has 0 bridgehead atoms. The van der Waals surface area contributed by atoms with E-state index < -0.39 is 0 Å². The van der Waals surface area contributed by atoms with E-state index in [4.69, 9.17) is 9.78 Å². The average Bonchev–Trinajstić information content (AvgIpc) is 3.06. The number of nitriles is 1. The molecule has 116 valence electrons. The maximum absolute atomic E-state index is 11.9. The van der Waals surface area contributed by atoms with Gasteiger partial charge in [0.15, 0.2) is 0 Å². The van der Waals surface area contributed by atoms with Crippen molar-refractivity contribution >= 4 is 22.2 Å². The van der Waals surface area contributed by atoms with Gasteiger partial charge in [-0.3, -0.25) is 4.79 Å². The Morgan fingerprint density at radius 1 is 1.55 bits per heavy atom. The van der Waals surface area contributed by atoms with Gasteiger partial charge in [-0.15, -0.1) is 11.3 Å². The Labute approximate surface area is 133 Å². The molecule has 0 aliphatic carbocycles. The van der Waals surface area contributed by atoms with Gasteiger partial charge < -0.3 is 14.7 Å². The highest BCUT2D eigenvalue weighted by Gasteiger charge is 2.13. The second kappa shape index (κ2) is 7.20. The van der Waals surface area contributed by atoms with Crippen LogP contribution in [0.15, 0.2) is 16.0 Å². The molecule has 0 saturated carbocycles. The number of nitrogens with zero attached hydrogens (tertiary/aromatic N) is 3. The molecule has 0 saturated heterocycles. The lowest BCUT2D eigenvalue weighted by Gasteiger charge is -2.16. The van der Waals surface area contributed by atoms with Gasteiger partial charge in [0.05, 0.1) is 11.3 Å². The van der Waals surface area contributed by atoms with Crippen molar-refractivity contribution in [3.8, 4) is 6.07 Å². The van der Waals surface area contributed by atoms with E-state index in [0.717, 1.165) is 17.0 Å². The van der Waals surface area contributed by atoms with Gasteiger partial charge in [0, 0.05) is 25.1 Å². The highest BCUT2D eigenvalue weighted by molar-refractivity contribution is 7.14. The normalized spacial score (nSPS) is 10.7. The fraction of sp³-hybridized carbons (Fsp3) is 0.400. The first-order valence-corrected chi connectivity index (χ1v) is 7.77. The predicted octanol–water partition coefficient (Wildman–Crippen LogP) is 2.69. The summed E-state index contributed by atoms with van der Waals surface area (Å²) in [6.45, 7) is 5.10. The minimum absolute atomic E-state index is 0.0930. The van der Waals surface area contributed by atoms with Crippen molar-refractivity contribution in [3.05, 3.63) is 34.0 Å². The summed E-state index contributed by atoms with van der Waals surface area (Å²) in [5, 5.41) is 18.0. The molecule has 2 rings (SSSR count). The number of nitrogens with one attached hydrogen (secondary N) is 1. The fourth-order valence-electron chi connectivity index (χ4n) is 2.05. The van der Waals surface area contributed by atoms with E-state index in [-0.39, 0.29) is 5.91 Å². The summed E-state index contributed by atoms with van der Waals surface area (Å²) in [5.74, 6) is 0.718. The maximum Gasteiger partial charge on any atom is 0.226 e. The van der Waals surface area contributed by atoms with Crippen LogP contribution in [0.2, 0.25) is 0 Å². The molecule has 1 N–H and O–H groups in total. The van der Waals surface area contributed by atoms with Crippen molar-refractivity contribution in [3.63, 3.8) is 0 Å². The summed E-state index contributed by atoms with van der Waals surface area (Å²) < 4.78 is 5.13. The van der Waals surface area contributed by atoms with E-state index in [2.05, 4.69) is 16.5 Å². The van der Waals surface area contributed by atoms with Crippen molar-refractivity contribution in [1.82, 2.24) is 10.1 Å². The zero-order valence-electron chi connectivity index (χ0n) is 12.8. The quantitative estimate of drug-likeness (QED) is 0.885. The minimum Gasteiger partial charge on any atom is -0.361 e. The summed E-state index contributed by atoms with van der Waals surface area (Å²) in [5.41, 5.74) is 2.45. The van der Waals surface area contributed by atoms with Gasteiger partial charge in [-0.05, 0) is 32.3 Å². The summed E-state index contributed by atoms with van der Waals surface area (Å²) in [6.07, 6.45) is 0.364. The second-order valence-corrected chi connectivity index (χ2v) is 6.03. The Hall–Kier alpha value is -2.17. The third-order valence-corrected chi connectivity index (χ3v) is 4.20. The molecule has 0 unspecified atom stereocenters. The number of rotatable bonds is 6. The number of amides is 1. The van der Waals surface area contributed by atoms with Crippen molar-refractivity contribution in [2.45, 2.75) is 26.8 Å². The van der Waals surface area contributed by atoms with Gasteiger partial charge in [0.2, 0.25) is 5.91 Å². The Balaban J connectivity index is 1.82. The van der Waals surface area contributed by atoms with Crippen LogP contribution in [0.5, 0.6) is 0 Å². The molecule has 0 spiro atoms. The monoisotopic (exact) mass is 318 g/mol. The van der Waals surface area contributed by atoms with E-state index in [0.29, 0.717) is 30.1 Å². The second-order valence-electron chi connectivity index (χ2n) is 5.11. The first kappa shape index (κ1) is 16.2. The topological polar surface area (TPSA) is 82.2 Å². The zero-order valence-corrected chi connectivity index (χ0v) is 13.7. The molecule has 1 amide bonds. The fourth-order valence-corrected chi connectivity index (χ4v) is 2.81. The highest BCUT2D eigenvalue weighted by Crippen LogP contribution is 2.22. The number of anilines is 1. The number of aromatic nitrogens is 1. The van der Waals surface area contributed by atoms with E-state index in [9.17, 15) is 4.79 Å². The molecule has 0 atom stereocenters. The first-order valence-electron chi connectivity index (χ1n) is 6.89. The number of thiophene rings is 1. The maximum atomic E-state index is 11.9. The largest absolute Gasteiger partial charge is 0.361 e. The molecule has 22 heavy (non-hydrogen) atoms. The average molecular weight is 318 g/mol.